The van der Waals surface area contributed by atoms with Crippen LogP contribution in [-0.4, -0.2) is 31.7 Å². The lowest BCUT2D eigenvalue weighted by molar-refractivity contribution is -0.114. The van der Waals surface area contributed by atoms with E-state index in [4.69, 9.17) is 0 Å². The summed E-state index contributed by atoms with van der Waals surface area (Å²) in [6.07, 6.45) is 0. The van der Waals surface area contributed by atoms with Crippen LogP contribution in [0.2, 0.25) is 0 Å². The minimum Gasteiger partial charge on any atom is -0.325 e. The van der Waals surface area contributed by atoms with Crippen molar-refractivity contribution in [2.24, 2.45) is 0 Å². The van der Waals surface area contributed by atoms with Gasteiger partial charge in [0.1, 0.15) is 17.3 Å². The molecule has 0 aliphatic carbocycles. The summed E-state index contributed by atoms with van der Waals surface area (Å²) in [4.78, 5) is 23.6. The van der Waals surface area contributed by atoms with Crippen LogP contribution < -0.4 is 10.6 Å². The molecule has 2 rings (SSSR count). The Labute approximate surface area is 157 Å². The van der Waals surface area contributed by atoms with Crippen LogP contribution >= 0.6 is 22.6 Å². The molecule has 0 aromatic heterocycles. The van der Waals surface area contributed by atoms with Gasteiger partial charge in [0.15, 0.2) is 9.84 Å². The monoisotopic (exact) mass is 476 g/mol. The lowest BCUT2D eigenvalue weighted by atomic mass is 10.3. The summed E-state index contributed by atoms with van der Waals surface area (Å²) < 4.78 is 37.7. The van der Waals surface area contributed by atoms with E-state index < -0.39 is 39.0 Å². The second kappa shape index (κ2) is 8.39. The maximum absolute atomic E-state index is 12.8. The number of halogens is 2. The van der Waals surface area contributed by atoms with Crippen LogP contribution in [0.5, 0.6) is 0 Å². The molecule has 0 bridgehead atoms. The molecule has 0 fully saturated rings. The maximum Gasteiger partial charge on any atom is 0.239 e. The Hall–Kier alpha value is -2.01. The van der Waals surface area contributed by atoms with E-state index in [0.717, 1.165) is 15.7 Å². The lowest BCUT2D eigenvalue weighted by Gasteiger charge is -2.07. The molecule has 0 heterocycles. The number of carbonyl (C=O) groups is 2. The zero-order valence-electron chi connectivity index (χ0n) is 12.8. The fourth-order valence-corrected chi connectivity index (χ4v) is 3.32. The first-order chi connectivity index (χ1) is 11.7. The van der Waals surface area contributed by atoms with Crippen molar-refractivity contribution in [3.05, 3.63) is 57.9 Å². The number of nitrogens with one attached hydrogen (secondary N) is 2. The van der Waals surface area contributed by atoms with E-state index in [0.29, 0.717) is 5.69 Å². The molecule has 2 aromatic rings. The lowest BCUT2D eigenvalue weighted by Crippen LogP contribution is -2.30. The SMILES string of the molecule is O=C(CS(=O)(=O)CC(=O)Nc1ccc(I)cc1)Nc1ccc(F)cc1. The first-order valence-electron chi connectivity index (χ1n) is 7.05. The summed E-state index contributed by atoms with van der Waals surface area (Å²) in [5.74, 6) is -3.65. The van der Waals surface area contributed by atoms with Crippen LogP contribution in [0.1, 0.15) is 0 Å². The molecular formula is C16H14FIN2O4S. The number of benzene rings is 2. The number of hydrogen-bond acceptors (Lipinski definition) is 4. The van der Waals surface area contributed by atoms with Crippen molar-refractivity contribution >= 4 is 55.6 Å². The highest BCUT2D eigenvalue weighted by molar-refractivity contribution is 14.1. The summed E-state index contributed by atoms with van der Waals surface area (Å²) in [5.41, 5.74) is 0.737. The third-order valence-electron chi connectivity index (χ3n) is 2.96. The van der Waals surface area contributed by atoms with Crippen molar-refractivity contribution in [2.75, 3.05) is 22.1 Å². The predicted octanol–water partition coefficient (Wildman–Crippen LogP) is 2.42. The van der Waals surface area contributed by atoms with Gasteiger partial charge < -0.3 is 10.6 Å². The van der Waals surface area contributed by atoms with Crippen LogP contribution in [0.4, 0.5) is 15.8 Å². The minimum atomic E-state index is -3.94. The molecule has 0 saturated heterocycles. The summed E-state index contributed by atoms with van der Waals surface area (Å²) in [6.45, 7) is 0. The van der Waals surface area contributed by atoms with Crippen molar-refractivity contribution in [3.8, 4) is 0 Å². The van der Waals surface area contributed by atoms with E-state index >= 15 is 0 Å². The molecule has 0 aliphatic rings. The van der Waals surface area contributed by atoms with Crippen LogP contribution in [0.25, 0.3) is 0 Å². The normalized spacial score (nSPS) is 11.0. The van der Waals surface area contributed by atoms with Crippen LogP contribution in [0, 0.1) is 9.39 Å². The Morgan fingerprint density at radius 3 is 1.68 bits per heavy atom. The first kappa shape index (κ1) is 19.3. The van der Waals surface area contributed by atoms with Crippen molar-refractivity contribution < 1.29 is 22.4 Å². The average Bonchev–Trinajstić information content (AvgIpc) is 2.50. The molecule has 9 heteroatoms. The highest BCUT2D eigenvalue weighted by atomic mass is 127. The Morgan fingerprint density at radius 1 is 0.840 bits per heavy atom. The van der Waals surface area contributed by atoms with Gasteiger partial charge in [0.05, 0.1) is 0 Å². The molecule has 0 atom stereocenters. The summed E-state index contributed by atoms with van der Waals surface area (Å²) in [7, 11) is -3.94. The molecule has 2 aromatic carbocycles. The summed E-state index contributed by atoms with van der Waals surface area (Å²) in [5, 5.41) is 4.80. The van der Waals surface area contributed by atoms with Gasteiger partial charge in [0.25, 0.3) is 0 Å². The zero-order valence-corrected chi connectivity index (χ0v) is 15.8. The van der Waals surface area contributed by atoms with Gasteiger partial charge in [-0.3, -0.25) is 9.59 Å². The molecule has 0 spiro atoms. The van der Waals surface area contributed by atoms with Crippen LogP contribution in [0.15, 0.2) is 48.5 Å². The predicted molar refractivity (Wildman–Crippen MR) is 101 cm³/mol. The highest BCUT2D eigenvalue weighted by Gasteiger charge is 2.21. The van der Waals surface area contributed by atoms with Crippen LogP contribution in [-0.2, 0) is 19.4 Å². The van der Waals surface area contributed by atoms with E-state index in [-0.39, 0.29) is 5.69 Å². The largest absolute Gasteiger partial charge is 0.325 e. The smallest absolute Gasteiger partial charge is 0.239 e. The third-order valence-corrected chi connectivity index (χ3v) is 5.08. The number of hydrogen-bond donors (Lipinski definition) is 2. The second-order valence-electron chi connectivity index (χ2n) is 5.14. The number of rotatable bonds is 6. The summed E-state index contributed by atoms with van der Waals surface area (Å²) >= 11 is 2.10. The average molecular weight is 476 g/mol. The van der Waals surface area contributed by atoms with Crippen molar-refractivity contribution in [1.29, 1.82) is 0 Å². The Morgan fingerprint density at radius 2 is 1.24 bits per heavy atom. The molecule has 2 amide bonds. The molecule has 0 radical (unpaired) electrons. The topological polar surface area (TPSA) is 92.3 Å². The third kappa shape index (κ3) is 6.78. The van der Waals surface area contributed by atoms with Gasteiger partial charge in [0, 0.05) is 14.9 Å². The Bertz CT molecular complexity index is 801. The fraction of sp³-hybridized carbons (Fsp3) is 0.125. The van der Waals surface area contributed by atoms with Gasteiger partial charge in [-0.25, -0.2) is 12.8 Å². The van der Waals surface area contributed by atoms with Gasteiger partial charge in [-0.15, -0.1) is 0 Å². The van der Waals surface area contributed by atoms with E-state index in [2.05, 4.69) is 33.2 Å². The highest BCUT2D eigenvalue weighted by Crippen LogP contribution is 2.11. The maximum atomic E-state index is 12.8. The number of anilines is 2. The molecule has 132 valence electrons. The molecule has 0 unspecified atom stereocenters. The van der Waals surface area contributed by atoms with Crippen molar-refractivity contribution in [1.82, 2.24) is 0 Å². The van der Waals surface area contributed by atoms with Crippen LogP contribution in [0.3, 0.4) is 0 Å². The molecular weight excluding hydrogens is 462 g/mol. The molecule has 6 nitrogen and oxygen atoms in total. The van der Waals surface area contributed by atoms with Gasteiger partial charge in [0.2, 0.25) is 11.8 Å². The molecule has 2 N–H and O–H groups in total. The van der Waals surface area contributed by atoms with Gasteiger partial charge >= 0.3 is 0 Å². The van der Waals surface area contributed by atoms with E-state index in [1.54, 1.807) is 24.3 Å². The Balaban J connectivity index is 1.89. The second-order valence-corrected chi connectivity index (χ2v) is 8.45. The fourth-order valence-electron chi connectivity index (χ4n) is 1.91. The number of sulfone groups is 1. The molecule has 0 aliphatic heterocycles. The van der Waals surface area contributed by atoms with Crippen molar-refractivity contribution in [2.45, 2.75) is 0 Å². The van der Waals surface area contributed by atoms with E-state index in [1.165, 1.54) is 12.1 Å². The molecule has 0 saturated carbocycles. The van der Waals surface area contributed by atoms with E-state index in [1.807, 2.05) is 0 Å². The molecule has 25 heavy (non-hydrogen) atoms. The van der Waals surface area contributed by atoms with Crippen molar-refractivity contribution in [3.63, 3.8) is 0 Å². The minimum absolute atomic E-state index is 0.268. The Kier molecular flexibility index (Phi) is 6.48. The number of amides is 2. The van der Waals surface area contributed by atoms with E-state index in [9.17, 15) is 22.4 Å². The standard InChI is InChI=1S/C16H14FIN2O4S/c17-11-1-5-13(6-2-11)19-15(21)9-25(23,24)10-16(22)20-14-7-3-12(18)4-8-14/h1-8H,9-10H2,(H,19,21)(H,20,22). The first-order valence-corrected chi connectivity index (χ1v) is 9.95. The van der Waals surface area contributed by atoms with Gasteiger partial charge in [-0.1, -0.05) is 0 Å². The zero-order chi connectivity index (χ0) is 18.4. The number of carbonyl (C=O) groups excluding carboxylic acids is 2. The van der Waals surface area contributed by atoms with Gasteiger partial charge in [-0.05, 0) is 71.1 Å². The quantitative estimate of drug-likeness (QED) is 0.627. The summed E-state index contributed by atoms with van der Waals surface area (Å²) in [6, 6.07) is 11.7. The van der Waals surface area contributed by atoms with Gasteiger partial charge in [-0.2, -0.15) is 0 Å².